The first kappa shape index (κ1) is 10.2. The molecule has 3 radical (unpaired) electrons. The molecule has 0 bridgehead atoms. The maximum atomic E-state index is 10.7. The van der Waals surface area contributed by atoms with E-state index in [1.807, 2.05) is 31.2 Å². The molecule has 2 rings (SSSR count). The van der Waals surface area contributed by atoms with Crippen LogP contribution in [0.5, 0.6) is 0 Å². The summed E-state index contributed by atoms with van der Waals surface area (Å²) in [5.41, 5.74) is 1.49. The Labute approximate surface area is 80.5 Å². The first-order valence-electron chi connectivity index (χ1n) is 3.88. The molecular formula is C9H8N3O2. The van der Waals surface area contributed by atoms with E-state index < -0.39 is 5.63 Å². The van der Waals surface area contributed by atoms with Crippen LogP contribution in [0.15, 0.2) is 39.8 Å². The molecular weight excluding hydrogens is 182 g/mol. The molecule has 71 valence electrons. The highest BCUT2D eigenvalue weighted by atomic mass is 16.5. The van der Waals surface area contributed by atoms with Gasteiger partial charge in [0.05, 0.1) is 0 Å². The van der Waals surface area contributed by atoms with Crippen LogP contribution < -0.4 is 21.7 Å². The molecule has 0 aliphatic carbocycles. The van der Waals surface area contributed by atoms with Crippen molar-refractivity contribution in [3.8, 4) is 5.69 Å². The number of rotatable bonds is 1. The molecule has 0 atom stereocenters. The van der Waals surface area contributed by atoms with Crippen LogP contribution in [-0.2, 0) is 0 Å². The van der Waals surface area contributed by atoms with Gasteiger partial charge in [0, 0.05) is 18.3 Å². The Morgan fingerprint density at radius 2 is 2.21 bits per heavy atom. The minimum absolute atomic E-state index is 0. The average Bonchev–Trinajstić information content (AvgIpc) is 2.52. The summed E-state index contributed by atoms with van der Waals surface area (Å²) < 4.78 is 5.83. The van der Waals surface area contributed by atoms with E-state index >= 15 is 0 Å². The molecule has 0 saturated heterocycles. The van der Waals surface area contributed by atoms with Crippen molar-refractivity contribution in [2.75, 3.05) is 0 Å². The van der Waals surface area contributed by atoms with Crippen molar-refractivity contribution in [3.63, 3.8) is 0 Å². The maximum Gasteiger partial charge on any atom is 0.389 e. The van der Waals surface area contributed by atoms with E-state index in [4.69, 9.17) is 0 Å². The normalized spacial score (nSPS) is 9.50. The summed E-state index contributed by atoms with van der Waals surface area (Å²) in [5.74, 6) is 0. The molecule has 0 saturated carbocycles. The van der Waals surface area contributed by atoms with Crippen LogP contribution in [0.3, 0.4) is 0 Å². The summed E-state index contributed by atoms with van der Waals surface area (Å²) >= 11 is 0. The lowest BCUT2D eigenvalue weighted by atomic mass is 10.2. The molecule has 0 unspecified atom stereocenters. The Morgan fingerprint density at radius 1 is 1.43 bits per heavy atom. The van der Waals surface area contributed by atoms with Crippen molar-refractivity contribution < 1.29 is 9.20 Å². The SMILES string of the molecule is Cc1cccc(-[n+]2cc(=O)o[n-]2)c1.[N]. The Balaban J connectivity index is 0.000000980. The molecule has 0 aliphatic heterocycles. The Morgan fingerprint density at radius 3 is 2.79 bits per heavy atom. The first-order chi connectivity index (χ1) is 6.25. The molecule has 0 aliphatic rings. The molecule has 1 heterocycles. The van der Waals surface area contributed by atoms with E-state index in [9.17, 15) is 4.79 Å². The largest absolute Gasteiger partial charge is 0.471 e. The highest BCUT2D eigenvalue weighted by molar-refractivity contribution is 5.26. The van der Waals surface area contributed by atoms with E-state index in [0.717, 1.165) is 11.3 Å². The van der Waals surface area contributed by atoms with E-state index in [0.29, 0.717) is 0 Å². The van der Waals surface area contributed by atoms with E-state index in [-0.39, 0.29) is 6.15 Å². The molecule has 14 heavy (non-hydrogen) atoms. The van der Waals surface area contributed by atoms with Crippen molar-refractivity contribution in [3.05, 3.63) is 46.4 Å². The van der Waals surface area contributed by atoms with Gasteiger partial charge in [0.25, 0.3) is 6.20 Å². The van der Waals surface area contributed by atoms with Gasteiger partial charge in [-0.1, -0.05) is 12.1 Å². The zero-order valence-corrected chi connectivity index (χ0v) is 7.54. The highest BCUT2D eigenvalue weighted by Crippen LogP contribution is 2.01. The van der Waals surface area contributed by atoms with Crippen molar-refractivity contribution in [2.24, 2.45) is 0 Å². The third kappa shape index (κ3) is 1.89. The monoisotopic (exact) mass is 190 g/mol. The fourth-order valence-electron chi connectivity index (χ4n) is 1.12. The van der Waals surface area contributed by atoms with Crippen molar-refractivity contribution >= 4 is 0 Å². The smallest absolute Gasteiger partial charge is 0.389 e. The number of hydrogen-bond donors (Lipinski definition) is 0. The van der Waals surface area contributed by atoms with E-state index in [2.05, 4.69) is 9.79 Å². The lowest BCUT2D eigenvalue weighted by molar-refractivity contribution is -0.676. The van der Waals surface area contributed by atoms with Gasteiger partial charge in [-0.05, 0) is 12.5 Å². The third-order valence-electron chi connectivity index (χ3n) is 1.71. The summed E-state index contributed by atoms with van der Waals surface area (Å²) in [5, 5.41) is 3.56. The summed E-state index contributed by atoms with van der Waals surface area (Å²) in [4.78, 5) is 10.7. The molecule has 5 nitrogen and oxygen atoms in total. The minimum atomic E-state index is -0.443. The van der Waals surface area contributed by atoms with Crippen LogP contribution in [0, 0.1) is 6.92 Å². The molecule has 5 heteroatoms. The Kier molecular flexibility index (Phi) is 2.83. The van der Waals surface area contributed by atoms with Crippen LogP contribution >= 0.6 is 0 Å². The first-order valence-corrected chi connectivity index (χ1v) is 3.88. The van der Waals surface area contributed by atoms with E-state index in [1.54, 1.807) is 0 Å². The predicted molar refractivity (Wildman–Crippen MR) is 46.7 cm³/mol. The number of aryl methyl sites for hydroxylation is 1. The van der Waals surface area contributed by atoms with Gasteiger partial charge in [-0.15, -0.1) is 0 Å². The van der Waals surface area contributed by atoms with Gasteiger partial charge >= 0.3 is 5.63 Å². The number of aromatic nitrogens is 2. The van der Waals surface area contributed by atoms with Gasteiger partial charge < -0.3 is 4.52 Å². The zero-order valence-electron chi connectivity index (χ0n) is 7.54. The Bertz CT molecular complexity index is 473. The standard InChI is InChI=1S/C9H8N2O2.N/c1-7-3-2-4-8(5-7)11-6-9(12)13-10-11;/h2-6H,1H3;. The maximum absolute atomic E-state index is 10.7. The number of benzene rings is 1. The molecule has 0 amide bonds. The molecule has 0 fully saturated rings. The summed E-state index contributed by atoms with van der Waals surface area (Å²) in [6, 6.07) is 7.65. The molecule has 0 spiro atoms. The van der Waals surface area contributed by atoms with Gasteiger partial charge in [-0.3, -0.25) is 0 Å². The summed E-state index contributed by atoms with van der Waals surface area (Å²) in [7, 11) is 0. The van der Waals surface area contributed by atoms with Crippen LogP contribution in [0.2, 0.25) is 0 Å². The lowest BCUT2D eigenvalue weighted by Crippen LogP contribution is -2.33. The third-order valence-corrected chi connectivity index (χ3v) is 1.71. The highest BCUT2D eigenvalue weighted by Gasteiger charge is 2.02. The summed E-state index contributed by atoms with van der Waals surface area (Å²) in [6.45, 7) is 1.97. The van der Waals surface area contributed by atoms with Crippen molar-refractivity contribution in [1.82, 2.24) is 11.4 Å². The quantitative estimate of drug-likeness (QED) is 0.579. The van der Waals surface area contributed by atoms with Gasteiger partial charge in [0.2, 0.25) is 5.69 Å². The van der Waals surface area contributed by atoms with E-state index in [1.165, 1.54) is 10.9 Å². The van der Waals surface area contributed by atoms with Crippen LogP contribution in [0.4, 0.5) is 0 Å². The number of nitrogens with zero attached hydrogens (tertiary/aromatic N) is 3. The predicted octanol–water partition coefficient (Wildman–Crippen LogP) is -0.298. The average molecular weight is 190 g/mol. The topological polar surface area (TPSA) is 78.7 Å². The second-order valence-electron chi connectivity index (χ2n) is 2.80. The van der Waals surface area contributed by atoms with Gasteiger partial charge in [-0.2, -0.15) is 0 Å². The summed E-state index contributed by atoms with van der Waals surface area (Å²) in [6.07, 6.45) is 1.30. The van der Waals surface area contributed by atoms with Gasteiger partial charge in [0.1, 0.15) is 0 Å². The molecule has 1 aromatic carbocycles. The number of hydrogen-bond acceptors (Lipinski definition) is 2. The van der Waals surface area contributed by atoms with Gasteiger partial charge in [0.15, 0.2) is 0 Å². The molecule has 2 aromatic rings. The van der Waals surface area contributed by atoms with Gasteiger partial charge in [-0.25, -0.2) is 14.7 Å². The van der Waals surface area contributed by atoms with Crippen molar-refractivity contribution in [1.29, 1.82) is 0 Å². The van der Waals surface area contributed by atoms with Crippen LogP contribution in [-0.4, -0.2) is 0 Å². The fourth-order valence-corrected chi connectivity index (χ4v) is 1.12. The fraction of sp³-hybridized carbons (Fsp3) is 0.111. The molecule has 1 aromatic heterocycles. The minimum Gasteiger partial charge on any atom is -0.471 e. The van der Waals surface area contributed by atoms with Crippen LogP contribution in [0.1, 0.15) is 5.56 Å². The van der Waals surface area contributed by atoms with Crippen molar-refractivity contribution in [2.45, 2.75) is 6.92 Å². The molecule has 0 N–H and O–H groups in total. The zero-order chi connectivity index (χ0) is 9.26. The van der Waals surface area contributed by atoms with Crippen LogP contribution in [0.25, 0.3) is 5.69 Å². The lowest BCUT2D eigenvalue weighted by Gasteiger charge is -1.96. The second-order valence-corrected chi connectivity index (χ2v) is 2.80. The Hall–Kier alpha value is -1.88. The second kappa shape index (κ2) is 3.89.